The van der Waals surface area contributed by atoms with Crippen LogP contribution < -0.4 is 114 Å². The van der Waals surface area contributed by atoms with Crippen molar-refractivity contribution in [1.29, 1.82) is 0 Å². The SMILES string of the molecule is CC(=O)N[C@H]1CCSC[C@@H](C(=O)N[C@@H](Cc2ccc(OCCN)cc2)C(=O)N[C@@H](Cc2ccc3ccccc3c2)C(=O)N[C@@](C)(CC(C)C)C(=O)N[C@@H](CCCNC(N)=O)C(=O)N[C@@H](CC(N)=O)C(=O)N[C@@H](CC(N)=O)C(N)=O)NC(=O)[C@H](CCC(N)=O)NC(=O)[C@H](Cc2c[nH]c3ccccc23)NC(=O)[C@H]([C@@H](C)O)NC(=O)[C@H](CCC(N)=O)NC1=O. The maximum Gasteiger partial charge on any atom is 0.312 e. The largest absolute Gasteiger partial charge is 0.492 e. The molecule has 0 radical (unpaired) electrons. The van der Waals surface area contributed by atoms with Gasteiger partial charge in [0.2, 0.25) is 100 Å². The lowest BCUT2D eigenvalue weighted by Gasteiger charge is -2.35. The molecule has 2 heterocycles. The number of nitrogens with two attached hydrogens (primary N) is 7. The van der Waals surface area contributed by atoms with Gasteiger partial charge in [-0.1, -0.05) is 86.6 Å². The van der Waals surface area contributed by atoms with E-state index >= 15 is 28.8 Å². The molecule has 1 aliphatic heterocycles. The van der Waals surface area contributed by atoms with Gasteiger partial charge in [-0.2, -0.15) is 11.8 Å². The van der Waals surface area contributed by atoms with Gasteiger partial charge in [0.25, 0.3) is 0 Å². The Labute approximate surface area is 700 Å². The zero-order chi connectivity index (χ0) is 89.4. The lowest BCUT2D eigenvalue weighted by Crippen LogP contribution is -2.65. The van der Waals surface area contributed by atoms with Gasteiger partial charge in [0.15, 0.2) is 0 Å². The number of primary amides is 6. The highest BCUT2D eigenvalue weighted by Gasteiger charge is 2.43. The Kier molecular flexibility index (Phi) is 37.6. The van der Waals surface area contributed by atoms with Crippen molar-refractivity contribution < 1.29 is 96.1 Å². The molecule has 1 saturated heterocycles. The molecule has 42 heteroatoms. The number of carbonyl (C=O) groups is 18. The second-order valence-electron chi connectivity index (χ2n) is 29.9. The van der Waals surface area contributed by atoms with Crippen LogP contribution in [0.4, 0.5) is 4.79 Å². The number of fused-ring (bicyclic) bond motifs is 2. The first-order valence-corrected chi connectivity index (χ1v) is 40.2. The summed E-state index contributed by atoms with van der Waals surface area (Å²) < 4.78 is 5.72. The van der Waals surface area contributed by atoms with E-state index in [0.29, 0.717) is 38.7 Å². The van der Waals surface area contributed by atoms with E-state index in [-0.39, 0.29) is 64.0 Å². The number of hydrogen-bond donors (Lipinski definition) is 22. The minimum absolute atomic E-state index is 0.0925. The summed E-state index contributed by atoms with van der Waals surface area (Å²) in [5.74, 6) is -18.8. The molecule has 1 aromatic heterocycles. The van der Waals surface area contributed by atoms with Crippen LogP contribution >= 0.6 is 11.8 Å². The van der Waals surface area contributed by atoms with Crippen LogP contribution in [0.2, 0.25) is 0 Å². The number of aromatic amines is 1. The molecule has 0 unspecified atom stereocenters. The number of carbonyl (C=O) groups excluding carboxylic acids is 18. The van der Waals surface area contributed by atoms with Crippen molar-refractivity contribution >= 4 is 140 Å². The fourth-order valence-electron chi connectivity index (χ4n) is 13.2. The number of thioether (sulfide) groups is 1. The lowest BCUT2D eigenvalue weighted by atomic mass is 9.88. The first kappa shape index (κ1) is 96.8. The summed E-state index contributed by atoms with van der Waals surface area (Å²) in [6, 6.07) is 5.45. The first-order chi connectivity index (χ1) is 57.2. The number of hydrogen-bond acceptors (Lipinski definition) is 22. The van der Waals surface area contributed by atoms with Gasteiger partial charge in [-0.15, -0.1) is 0 Å². The molecular formula is C79H109N21O20S. The smallest absolute Gasteiger partial charge is 0.312 e. The third kappa shape index (κ3) is 31.7. The van der Waals surface area contributed by atoms with E-state index in [2.05, 4.69) is 74.1 Å². The van der Waals surface area contributed by atoms with Crippen LogP contribution in [0, 0.1) is 5.92 Å². The number of aromatic nitrogens is 1. The minimum Gasteiger partial charge on any atom is -0.492 e. The average Bonchev–Trinajstić information content (AvgIpc) is 1.74. The maximum atomic E-state index is 15.8. The summed E-state index contributed by atoms with van der Waals surface area (Å²) in [4.78, 5) is 253. The molecule has 6 rings (SSSR count). The summed E-state index contributed by atoms with van der Waals surface area (Å²) in [6.07, 6.45) is -5.95. The number of urea groups is 1. The number of benzene rings is 4. The molecule has 1 aliphatic rings. The Bertz CT molecular complexity index is 4590. The van der Waals surface area contributed by atoms with Crippen molar-refractivity contribution in [2.24, 2.45) is 46.1 Å². The topological polar surface area (TPSA) is 691 Å². The molecule has 13 atom stereocenters. The third-order valence-electron chi connectivity index (χ3n) is 19.3. The molecular weight excluding hydrogens is 1600 g/mol. The van der Waals surface area contributed by atoms with Crippen LogP contribution in [-0.4, -0.2) is 226 Å². The van der Waals surface area contributed by atoms with Gasteiger partial charge < -0.3 is 124 Å². The van der Waals surface area contributed by atoms with Crippen LogP contribution in [0.25, 0.3) is 21.7 Å². The summed E-state index contributed by atoms with van der Waals surface area (Å²) in [5.41, 5.74) is 38.1. The van der Waals surface area contributed by atoms with E-state index in [0.717, 1.165) is 31.0 Å². The fraction of sp³-hybridized carbons (Fsp3) is 0.468. The molecule has 19 amide bonds. The van der Waals surface area contributed by atoms with Crippen molar-refractivity contribution in [3.05, 3.63) is 114 Å². The second kappa shape index (κ2) is 47.0. The van der Waals surface area contributed by atoms with Crippen molar-refractivity contribution in [3.63, 3.8) is 0 Å². The zero-order valence-electron chi connectivity index (χ0n) is 67.6. The third-order valence-corrected chi connectivity index (χ3v) is 20.4. The number of nitrogens with one attached hydrogen (secondary N) is 14. The van der Waals surface area contributed by atoms with E-state index in [4.69, 9.17) is 44.9 Å². The van der Waals surface area contributed by atoms with Crippen molar-refractivity contribution in [3.8, 4) is 5.75 Å². The number of para-hydroxylation sites is 1. The number of aliphatic hydroxyl groups is 1. The number of rotatable bonds is 40. The maximum absolute atomic E-state index is 15.8. The Hall–Kier alpha value is -13.0. The van der Waals surface area contributed by atoms with Crippen LogP contribution in [0.3, 0.4) is 0 Å². The first-order valence-electron chi connectivity index (χ1n) is 39.0. The highest BCUT2D eigenvalue weighted by atomic mass is 32.2. The van der Waals surface area contributed by atoms with Gasteiger partial charge in [-0.25, -0.2) is 4.79 Å². The molecule has 0 aliphatic carbocycles. The fourth-order valence-corrected chi connectivity index (χ4v) is 14.3. The van der Waals surface area contributed by atoms with Gasteiger partial charge in [-0.3, -0.25) is 81.5 Å². The molecule has 4 aromatic carbocycles. The Balaban J connectivity index is 1.46. The van der Waals surface area contributed by atoms with Crippen molar-refractivity contribution in [1.82, 2.24) is 74.1 Å². The van der Waals surface area contributed by atoms with Gasteiger partial charge in [-0.05, 0) is 110 Å². The number of H-pyrrole nitrogens is 1. The van der Waals surface area contributed by atoms with E-state index in [9.17, 15) is 62.6 Å². The van der Waals surface area contributed by atoms with Crippen LogP contribution in [0.15, 0.2) is 97.2 Å². The molecule has 121 heavy (non-hydrogen) atoms. The van der Waals surface area contributed by atoms with Crippen LogP contribution in [-0.2, 0) is 101 Å². The average molecular weight is 1700 g/mol. The predicted octanol–water partition coefficient (Wildman–Crippen LogP) is -5.31. The van der Waals surface area contributed by atoms with Crippen molar-refractivity contribution in [2.75, 3.05) is 31.2 Å². The molecule has 29 N–H and O–H groups in total. The second-order valence-corrected chi connectivity index (χ2v) is 31.0. The van der Waals surface area contributed by atoms with Gasteiger partial charge in [0.05, 0.1) is 18.9 Å². The summed E-state index contributed by atoms with van der Waals surface area (Å²) in [5, 5.41) is 46.1. The Morgan fingerprint density at radius 3 is 1.76 bits per heavy atom. The molecule has 0 saturated carbocycles. The van der Waals surface area contributed by atoms with E-state index < -0.39 is 241 Å². The predicted molar refractivity (Wildman–Crippen MR) is 441 cm³/mol. The van der Waals surface area contributed by atoms with E-state index in [1.807, 2.05) is 6.07 Å². The van der Waals surface area contributed by atoms with Gasteiger partial charge in [0.1, 0.15) is 84.4 Å². The summed E-state index contributed by atoms with van der Waals surface area (Å²) in [6.45, 7) is 7.02. The highest BCUT2D eigenvalue weighted by molar-refractivity contribution is 7.99. The van der Waals surface area contributed by atoms with Crippen molar-refractivity contribution in [2.45, 2.75) is 196 Å². The molecule has 0 spiro atoms. The Morgan fingerprint density at radius 1 is 0.595 bits per heavy atom. The van der Waals surface area contributed by atoms with E-state index in [1.54, 1.807) is 105 Å². The Morgan fingerprint density at radius 2 is 1.15 bits per heavy atom. The molecule has 656 valence electrons. The minimum atomic E-state index is -2.06. The quantitative estimate of drug-likeness (QED) is 0.0163. The summed E-state index contributed by atoms with van der Waals surface area (Å²) >= 11 is 0.915. The number of amides is 19. The zero-order valence-corrected chi connectivity index (χ0v) is 68.4. The van der Waals surface area contributed by atoms with Gasteiger partial charge in [0, 0.05) is 75.0 Å². The molecule has 41 nitrogen and oxygen atoms in total. The molecule has 1 fully saturated rings. The monoisotopic (exact) mass is 1700 g/mol. The van der Waals surface area contributed by atoms with Crippen LogP contribution in [0.5, 0.6) is 5.75 Å². The molecule has 5 aromatic rings. The lowest BCUT2D eigenvalue weighted by molar-refractivity contribution is -0.138. The van der Waals surface area contributed by atoms with E-state index in [1.165, 1.54) is 6.92 Å². The normalized spacial score (nSPS) is 18.9. The highest BCUT2D eigenvalue weighted by Crippen LogP contribution is 2.24. The number of ether oxygens (including phenoxy) is 1. The molecule has 0 bridgehead atoms. The van der Waals surface area contributed by atoms with Gasteiger partial charge >= 0.3 is 6.03 Å². The standard InChI is InChI=1S/C79H109N21O20S/c1-40(2)37-79(5,77(118)98-51(15-10-28-87-78(86)119)67(108)95-59(36-64(84)106)73(114)92-55(66(85)107)35-63(83)105)100-75(116)57(33-44-16-19-45-11-6-7-12-46(45)31-44)94-71(112)56(32-43-17-20-48(21-18-43)120-29-27-80)93-74(115)60-39-121-30-26-54(89-42(4)102)69(110)90-53(23-25-62(82)104)70(111)99-65(41(3)101)76(117)96-58(34-47-38-88-50-14-9-8-13-49(47)50)72(113)91-52(68(109)97-60)22-24-61(81)103/h6-9,11-14,16-21,31,38,40-41,51-60,65,88,101H,10,15,22-30,32-37,39,80H2,1-5H3,(H2,81,103)(H2,82,104)(H2,83,105)(H2,84,106)(H2,85,107)(H,89,102)(H,90,110)(H,91,113)(H,92,114)(H,93,115)(H,94,112)(H,95,108)(H,96,117)(H,97,109)(H,98,118)(H,99,111)(H,100,116)(H3,86,87,119)/t41-,51+,52+,53+,54+,55+,56+,57+,58+,59+,60+,65+,79+/m1/s1. The number of aliphatic hydroxyl groups excluding tert-OH is 1. The summed E-state index contributed by atoms with van der Waals surface area (Å²) in [7, 11) is 0. The van der Waals surface area contributed by atoms with Crippen LogP contribution in [0.1, 0.15) is 116 Å².